The highest BCUT2D eigenvalue weighted by molar-refractivity contribution is 7.47. The number of aliphatic carboxylic acids is 1. The Labute approximate surface area is 522 Å². The number of fused-ring (bicyclic) bond motifs is 7. The van der Waals surface area contributed by atoms with E-state index in [-0.39, 0.29) is 70.8 Å². The Morgan fingerprint density at radius 2 is 1.42 bits per heavy atom. The monoisotopic (exact) mass is 1270 g/mol. The van der Waals surface area contributed by atoms with Crippen LogP contribution < -0.4 is 39.3 Å². The van der Waals surface area contributed by atoms with Crippen LogP contribution in [0.5, 0.6) is 0 Å². The van der Waals surface area contributed by atoms with Crippen LogP contribution in [0.15, 0.2) is 67.8 Å². The van der Waals surface area contributed by atoms with E-state index in [0.29, 0.717) is 56.4 Å². The van der Waals surface area contributed by atoms with Crippen LogP contribution in [0.3, 0.4) is 0 Å². The van der Waals surface area contributed by atoms with Gasteiger partial charge in [0.1, 0.15) is 18.3 Å². The van der Waals surface area contributed by atoms with Crippen molar-refractivity contribution in [1.82, 2.24) is 20.2 Å². The first kappa shape index (κ1) is 68.9. The van der Waals surface area contributed by atoms with Gasteiger partial charge in [0.25, 0.3) is 0 Å². The van der Waals surface area contributed by atoms with E-state index in [1.807, 2.05) is 59.8 Å². The van der Waals surface area contributed by atoms with E-state index in [2.05, 4.69) is 15.6 Å². The molecule has 2 saturated heterocycles. The van der Waals surface area contributed by atoms with Gasteiger partial charge < -0.3 is 68.8 Å². The van der Waals surface area contributed by atoms with Gasteiger partial charge in [-0.25, -0.2) is 9.55 Å². The molecule has 6 aliphatic rings. The minimum absolute atomic E-state index is 0.0441. The normalized spacial score (nSPS) is 32.0. The number of phosphoric ester groups is 1. The predicted molar refractivity (Wildman–Crippen MR) is 332 cm³/mol. The summed E-state index contributed by atoms with van der Waals surface area (Å²) in [5.74, 6) is -7.98. The van der Waals surface area contributed by atoms with E-state index >= 15 is 0 Å². The third-order valence-electron chi connectivity index (χ3n) is 20.6. The summed E-state index contributed by atoms with van der Waals surface area (Å²) in [6.07, 6.45) is -4.80. The number of nitrogens with two attached hydrogens (primary N) is 5. The number of ether oxygens (including phenoxy) is 1. The first-order chi connectivity index (χ1) is 41.8. The largest absolute Gasteiger partial charge is 0.481 e. The number of carbonyl (C=O) groups excluding carboxylic acids is 6. The van der Waals surface area contributed by atoms with Gasteiger partial charge in [-0.1, -0.05) is 34.6 Å². The van der Waals surface area contributed by atoms with Gasteiger partial charge in [-0.3, -0.25) is 57.6 Å². The van der Waals surface area contributed by atoms with Crippen molar-refractivity contribution < 1.29 is 72.1 Å². The Hall–Kier alpha value is -7.00. The molecular weight excluding hydrogens is 1180 g/mol. The van der Waals surface area contributed by atoms with Gasteiger partial charge in [0.2, 0.25) is 35.4 Å². The molecule has 2 aromatic rings. The third kappa shape index (κ3) is 13.0. The molecule has 16 N–H and O–H groups in total. The fourth-order valence-corrected chi connectivity index (χ4v) is 16.6. The molecule has 492 valence electrons. The molecular formula is C62H89N12O15P. The molecule has 8 bridgehead atoms. The standard InChI is InChI=1S/C62H89N12O15P/c1-29-20-39-40(21-30(29)2)74(28-69-39)57-52(84)53(41(27-75)87-57)89-90(85,86)88-31(3)26-68-48(81)18-19-59(8)37(22-49(82)83)56-62(11)61(10,25-47(67)80)36(14-17-45(65)78)51(73-62)33(5)55-60(9,24-46(66)79)34(12-15-43(63)76)38(70-55)23-42-58(6,7)35(13-16-44(64)77)50(71-42)32(4)54(59)72-56/h20-21,23,28,31,34-37,41,52-53,56-57,70,75,84H,12-19,22,24-27H2,1-11H3,(H2,63,76)(H2,64,77)(H2,65,78)(H2,66,79)(H2,67,80)(H,68,81)(H,82,83)(H,85,86)/t31-,34-,35-,36-,37+,41-,52-,53-,56-,57+,59-,60+,61+,62+/m1/s1. The number of nitrogens with zero attached hydrogens (tertiary/aromatic N) is 5. The molecule has 27 nitrogen and oxygen atoms in total. The van der Waals surface area contributed by atoms with E-state index < -0.39 is 150 Å². The van der Waals surface area contributed by atoms with E-state index in [1.165, 1.54) is 13.3 Å². The summed E-state index contributed by atoms with van der Waals surface area (Å²) in [4.78, 5) is 125. The average Bonchev–Trinajstić information content (AvgIpc) is 1.53. The Morgan fingerprint density at radius 3 is 2.01 bits per heavy atom. The molecule has 0 spiro atoms. The molecule has 2 fully saturated rings. The van der Waals surface area contributed by atoms with Gasteiger partial charge in [0.15, 0.2) is 6.23 Å². The number of hydrogen-bond acceptors (Lipinski definition) is 18. The highest BCUT2D eigenvalue weighted by Crippen LogP contribution is 2.63. The number of imidazole rings is 1. The summed E-state index contributed by atoms with van der Waals surface area (Å²) in [5.41, 5.74) is 30.6. The zero-order valence-corrected chi connectivity index (χ0v) is 54.0. The van der Waals surface area contributed by atoms with E-state index in [1.54, 1.807) is 32.3 Å². The fourth-order valence-electron chi connectivity index (χ4n) is 15.4. The number of aryl methyl sites for hydroxylation is 2. The number of carboxylic acids is 1. The lowest BCUT2D eigenvalue weighted by atomic mass is 9.55. The number of carboxylic acid groups (broad SMARTS) is 1. The van der Waals surface area contributed by atoms with E-state index in [0.717, 1.165) is 11.1 Å². The average molecular weight is 1270 g/mol. The van der Waals surface area contributed by atoms with Gasteiger partial charge in [0.05, 0.1) is 48.1 Å². The van der Waals surface area contributed by atoms with Crippen LogP contribution in [0.25, 0.3) is 11.0 Å². The Morgan fingerprint density at radius 1 is 0.822 bits per heavy atom. The SMILES string of the molecule is CC1=C2N=C(C=C3NC(=C(C)C4=N[C@@](C)([C@@H]5N=C1[C@](C)(CCC(=O)NC[C@@H](C)OP(=O)(O)O[C@H]1[C@@H](O)[C@@H](n6cnc7cc(C)c(C)cc76)O[C@@H]1CO)[C@H]5CC(=O)O)[C@@](C)(CC(N)=O)[C@@H]4CCC(N)=O)[C@@](C)(CC(N)=O)[C@@H]3CCC(N)=O)C(C)(C)[C@@H]2CCC(N)=O. The van der Waals surface area contributed by atoms with Crippen molar-refractivity contribution in [2.75, 3.05) is 13.2 Å². The lowest BCUT2D eigenvalue weighted by Crippen LogP contribution is -2.56. The number of allylic oxidation sites excluding steroid dienone is 6. The quantitative estimate of drug-likeness (QED) is 0.0597. The van der Waals surface area contributed by atoms with Crippen molar-refractivity contribution in [3.8, 4) is 0 Å². The molecule has 6 aliphatic heterocycles. The second-order valence-electron chi connectivity index (χ2n) is 27.0. The number of rotatable bonds is 26. The Bertz CT molecular complexity index is 3540. The molecule has 6 amide bonds. The van der Waals surface area contributed by atoms with Crippen molar-refractivity contribution in [2.24, 2.45) is 89.0 Å². The number of phosphoric acid groups is 1. The molecule has 15 atom stereocenters. The van der Waals surface area contributed by atoms with Crippen molar-refractivity contribution in [3.05, 3.63) is 63.9 Å². The lowest BCUT2D eigenvalue weighted by molar-refractivity contribution is -0.139. The fraction of sp³-hybridized carbons (Fsp3) is 0.629. The smallest absolute Gasteiger partial charge is 0.472 e. The maximum atomic E-state index is 14.3. The maximum Gasteiger partial charge on any atom is 0.472 e. The molecule has 7 heterocycles. The number of aromatic nitrogens is 2. The van der Waals surface area contributed by atoms with Gasteiger partial charge in [-0.2, -0.15) is 0 Å². The molecule has 1 aromatic heterocycles. The Kier molecular flexibility index (Phi) is 19.6. The lowest BCUT2D eigenvalue weighted by Gasteiger charge is -2.48. The van der Waals surface area contributed by atoms with Crippen molar-refractivity contribution >= 4 is 77.4 Å². The molecule has 0 radical (unpaired) electrons. The minimum Gasteiger partial charge on any atom is -0.481 e. The van der Waals surface area contributed by atoms with Crippen LogP contribution >= 0.6 is 7.82 Å². The summed E-state index contributed by atoms with van der Waals surface area (Å²) < 4.78 is 32.2. The number of carbonyl (C=O) groups is 7. The second kappa shape index (κ2) is 25.6. The van der Waals surface area contributed by atoms with Crippen LogP contribution in [0.2, 0.25) is 0 Å². The number of nitrogens with one attached hydrogen (secondary N) is 2. The van der Waals surface area contributed by atoms with Gasteiger partial charge in [-0.05, 0) is 108 Å². The number of hydrogen-bond donors (Lipinski definition) is 11. The zero-order chi connectivity index (χ0) is 66.7. The first-order valence-corrected chi connectivity index (χ1v) is 32.0. The number of amides is 6. The highest BCUT2D eigenvalue weighted by Gasteiger charge is 2.66. The summed E-state index contributed by atoms with van der Waals surface area (Å²) in [5, 5.41) is 39.2. The second-order valence-corrected chi connectivity index (χ2v) is 28.4. The van der Waals surface area contributed by atoms with Crippen molar-refractivity contribution in [2.45, 2.75) is 189 Å². The summed E-state index contributed by atoms with van der Waals surface area (Å²) in [7, 11) is -5.08. The number of primary amides is 5. The number of aliphatic hydroxyl groups is 2. The van der Waals surface area contributed by atoms with Crippen LogP contribution in [-0.4, -0.2) is 137 Å². The van der Waals surface area contributed by atoms with Crippen LogP contribution in [0.4, 0.5) is 0 Å². The maximum absolute atomic E-state index is 14.3. The van der Waals surface area contributed by atoms with Gasteiger partial charge in [0, 0.05) is 125 Å². The summed E-state index contributed by atoms with van der Waals surface area (Å²) in [6, 6.07) is 2.61. The molecule has 90 heavy (non-hydrogen) atoms. The molecule has 0 aliphatic carbocycles. The molecule has 1 aromatic carbocycles. The van der Waals surface area contributed by atoms with Crippen molar-refractivity contribution in [3.63, 3.8) is 0 Å². The van der Waals surface area contributed by atoms with Gasteiger partial charge in [-0.15, -0.1) is 0 Å². The van der Waals surface area contributed by atoms with Crippen LogP contribution in [0, 0.1) is 59.2 Å². The topological polar surface area (TPSA) is 454 Å². The first-order valence-electron chi connectivity index (χ1n) is 30.5. The van der Waals surface area contributed by atoms with Crippen LogP contribution in [-0.2, 0) is 51.9 Å². The van der Waals surface area contributed by atoms with E-state index in [9.17, 15) is 58.3 Å². The summed E-state index contributed by atoms with van der Waals surface area (Å²) in [6.45, 7) is 19.0. The molecule has 1 unspecified atom stereocenters. The predicted octanol–water partition coefficient (Wildman–Crippen LogP) is 3.76. The highest BCUT2D eigenvalue weighted by atomic mass is 31.2. The number of aliphatic hydroxyl groups excluding tert-OH is 2. The molecule has 28 heteroatoms. The van der Waals surface area contributed by atoms with Crippen molar-refractivity contribution in [1.29, 1.82) is 0 Å². The zero-order valence-electron chi connectivity index (χ0n) is 53.1. The minimum atomic E-state index is -5.08. The van der Waals surface area contributed by atoms with Crippen LogP contribution in [0.1, 0.15) is 150 Å². The van der Waals surface area contributed by atoms with Gasteiger partial charge >= 0.3 is 13.8 Å². The number of aliphatic imine (C=N–C) groups is 3. The summed E-state index contributed by atoms with van der Waals surface area (Å²) >= 11 is 0. The van der Waals surface area contributed by atoms with E-state index in [4.69, 9.17) is 57.4 Å². The molecule has 8 rings (SSSR count). The molecule has 0 saturated carbocycles. The Balaban J connectivity index is 1.19. The third-order valence-corrected chi connectivity index (χ3v) is 21.7. The number of benzene rings is 1.